The van der Waals surface area contributed by atoms with Gasteiger partial charge in [0.05, 0.1) is 5.56 Å². The van der Waals surface area contributed by atoms with Gasteiger partial charge in [-0.15, -0.1) is 21.5 Å². The number of carbonyl (C=O) groups is 2. The maximum Gasteiger partial charge on any atom is 0.297 e. The van der Waals surface area contributed by atoms with Crippen LogP contribution in [-0.2, 0) is 0 Å². The molecule has 2 rings (SSSR count). The van der Waals surface area contributed by atoms with Gasteiger partial charge >= 0.3 is 0 Å². The molecule has 2 heterocycles. The molecule has 0 aromatic carbocycles. The Morgan fingerprint density at radius 1 is 1.50 bits per heavy atom. The molecule has 0 bridgehead atoms. The van der Waals surface area contributed by atoms with E-state index in [2.05, 4.69) is 25.9 Å². The van der Waals surface area contributed by atoms with E-state index in [1.54, 1.807) is 5.38 Å². The van der Waals surface area contributed by atoms with Crippen LogP contribution in [0.3, 0.4) is 0 Å². The number of hydrogen-bond donors (Lipinski definition) is 3. The second-order valence-corrected chi connectivity index (χ2v) is 3.63. The van der Waals surface area contributed by atoms with Crippen molar-refractivity contribution in [3.05, 3.63) is 22.8 Å². The van der Waals surface area contributed by atoms with Gasteiger partial charge in [-0.2, -0.15) is 5.21 Å². The van der Waals surface area contributed by atoms with Gasteiger partial charge in [0.1, 0.15) is 5.00 Å². The minimum atomic E-state index is -0.607. The number of aromatic amines is 1. The summed E-state index contributed by atoms with van der Waals surface area (Å²) in [7, 11) is 0. The van der Waals surface area contributed by atoms with Gasteiger partial charge in [-0.1, -0.05) is 0 Å². The van der Waals surface area contributed by atoms with Crippen molar-refractivity contribution in [1.82, 2.24) is 20.6 Å². The molecule has 0 radical (unpaired) electrons. The van der Waals surface area contributed by atoms with E-state index in [0.717, 1.165) is 0 Å². The van der Waals surface area contributed by atoms with Gasteiger partial charge in [0, 0.05) is 0 Å². The van der Waals surface area contributed by atoms with Crippen LogP contribution in [0.25, 0.3) is 0 Å². The number of primary amides is 1. The fourth-order valence-corrected chi connectivity index (χ4v) is 1.80. The summed E-state index contributed by atoms with van der Waals surface area (Å²) in [5, 5.41) is 16.9. The normalized spacial score (nSPS) is 10.0. The third kappa shape index (κ3) is 1.88. The number of nitrogens with one attached hydrogen (secondary N) is 2. The molecule has 8 nitrogen and oxygen atoms in total. The van der Waals surface area contributed by atoms with Crippen molar-refractivity contribution in [3.63, 3.8) is 0 Å². The van der Waals surface area contributed by atoms with Gasteiger partial charge in [-0.25, -0.2) is 0 Å². The van der Waals surface area contributed by atoms with Crippen molar-refractivity contribution in [2.75, 3.05) is 5.32 Å². The fraction of sp³-hybridized carbons (Fsp3) is 0. The zero-order chi connectivity index (χ0) is 11.5. The maximum absolute atomic E-state index is 11.5. The standard InChI is InChI=1S/C7H6N6O2S/c8-4(14)3-1-2-16-7(3)9-6(15)5-10-12-13-11-5/h1-2H,(H2,8,14)(H,9,15)(H,10,11,12,13). The van der Waals surface area contributed by atoms with E-state index in [-0.39, 0.29) is 11.4 Å². The van der Waals surface area contributed by atoms with Gasteiger partial charge in [0.15, 0.2) is 0 Å². The van der Waals surface area contributed by atoms with Gasteiger partial charge in [-0.3, -0.25) is 9.59 Å². The average Bonchev–Trinajstić information content (AvgIpc) is 2.86. The SMILES string of the molecule is NC(=O)c1ccsc1NC(=O)c1nn[nH]n1. The zero-order valence-electron chi connectivity index (χ0n) is 7.80. The highest BCUT2D eigenvalue weighted by Crippen LogP contribution is 2.22. The number of thiophene rings is 1. The minimum absolute atomic E-state index is 0.108. The molecule has 0 unspecified atom stereocenters. The number of hydrogen-bond acceptors (Lipinski definition) is 6. The Hall–Kier alpha value is -2.29. The molecule has 0 saturated carbocycles. The van der Waals surface area contributed by atoms with Crippen LogP contribution in [0.4, 0.5) is 5.00 Å². The number of nitrogens with zero attached hydrogens (tertiary/aromatic N) is 3. The number of rotatable bonds is 3. The van der Waals surface area contributed by atoms with E-state index in [4.69, 9.17) is 5.73 Å². The third-order valence-electron chi connectivity index (χ3n) is 1.71. The molecule has 82 valence electrons. The highest BCUT2D eigenvalue weighted by Gasteiger charge is 2.16. The summed E-state index contributed by atoms with van der Waals surface area (Å²) in [4.78, 5) is 22.5. The molecule has 0 saturated heterocycles. The molecule has 2 amide bonds. The van der Waals surface area contributed by atoms with E-state index in [1.807, 2.05) is 0 Å². The summed E-state index contributed by atoms with van der Waals surface area (Å²) in [6, 6.07) is 1.53. The maximum atomic E-state index is 11.5. The number of H-pyrrole nitrogens is 1. The van der Waals surface area contributed by atoms with E-state index in [0.29, 0.717) is 5.00 Å². The summed E-state index contributed by atoms with van der Waals surface area (Å²) in [6.07, 6.45) is 0. The van der Waals surface area contributed by atoms with Gasteiger partial charge < -0.3 is 11.1 Å². The Bertz CT molecular complexity index is 519. The molecular formula is C7H6N6O2S. The van der Waals surface area contributed by atoms with E-state index >= 15 is 0 Å². The Balaban J connectivity index is 2.18. The van der Waals surface area contributed by atoms with Crippen LogP contribution in [0, 0.1) is 0 Å². The number of aromatic nitrogens is 4. The predicted octanol–water partition coefficient (Wildman–Crippen LogP) is -0.388. The highest BCUT2D eigenvalue weighted by atomic mass is 32.1. The van der Waals surface area contributed by atoms with Crippen molar-refractivity contribution in [1.29, 1.82) is 0 Å². The van der Waals surface area contributed by atoms with Gasteiger partial charge in [-0.05, 0) is 16.7 Å². The molecule has 0 aliphatic carbocycles. The molecule has 16 heavy (non-hydrogen) atoms. The van der Waals surface area contributed by atoms with Crippen LogP contribution in [0.5, 0.6) is 0 Å². The fourth-order valence-electron chi connectivity index (χ4n) is 1.02. The molecule has 9 heteroatoms. The summed E-state index contributed by atoms with van der Waals surface area (Å²) >= 11 is 1.18. The summed E-state index contributed by atoms with van der Waals surface area (Å²) < 4.78 is 0. The average molecular weight is 238 g/mol. The highest BCUT2D eigenvalue weighted by molar-refractivity contribution is 7.14. The van der Waals surface area contributed by atoms with Crippen LogP contribution in [0.1, 0.15) is 21.0 Å². The van der Waals surface area contributed by atoms with Crippen molar-refractivity contribution < 1.29 is 9.59 Å². The molecular weight excluding hydrogens is 232 g/mol. The van der Waals surface area contributed by atoms with Crippen molar-refractivity contribution in [2.45, 2.75) is 0 Å². The monoisotopic (exact) mass is 238 g/mol. The lowest BCUT2D eigenvalue weighted by atomic mass is 10.3. The van der Waals surface area contributed by atoms with Crippen LogP contribution < -0.4 is 11.1 Å². The topological polar surface area (TPSA) is 127 Å². The lowest BCUT2D eigenvalue weighted by molar-refractivity contribution is 0.100. The number of carbonyl (C=O) groups excluding carboxylic acids is 2. The first kappa shape index (κ1) is 10.2. The molecule has 4 N–H and O–H groups in total. The van der Waals surface area contributed by atoms with Crippen molar-refractivity contribution >= 4 is 28.2 Å². The molecule has 0 spiro atoms. The van der Waals surface area contributed by atoms with Crippen molar-refractivity contribution in [2.24, 2.45) is 5.73 Å². The molecule has 0 fully saturated rings. The lowest BCUT2D eigenvalue weighted by Gasteiger charge is -2.00. The second-order valence-electron chi connectivity index (χ2n) is 2.72. The number of anilines is 1. The smallest absolute Gasteiger partial charge is 0.297 e. The first-order chi connectivity index (χ1) is 7.68. The summed E-state index contributed by atoms with van der Waals surface area (Å²) in [5.74, 6) is -1.27. The quantitative estimate of drug-likeness (QED) is 0.671. The Morgan fingerprint density at radius 2 is 2.31 bits per heavy atom. The van der Waals surface area contributed by atoms with E-state index in [9.17, 15) is 9.59 Å². The molecule has 2 aromatic heterocycles. The van der Waals surface area contributed by atoms with Crippen LogP contribution in [-0.4, -0.2) is 32.4 Å². The van der Waals surface area contributed by atoms with E-state index in [1.165, 1.54) is 17.4 Å². The molecule has 2 aromatic rings. The number of amides is 2. The summed E-state index contributed by atoms with van der Waals surface area (Å²) in [6.45, 7) is 0. The van der Waals surface area contributed by atoms with Crippen molar-refractivity contribution in [3.8, 4) is 0 Å². The lowest BCUT2D eigenvalue weighted by Crippen LogP contribution is -2.17. The first-order valence-corrected chi connectivity index (χ1v) is 4.98. The van der Waals surface area contributed by atoms with Gasteiger partial charge in [0.2, 0.25) is 0 Å². The molecule has 0 aliphatic heterocycles. The van der Waals surface area contributed by atoms with Gasteiger partial charge in [0.25, 0.3) is 17.6 Å². The van der Waals surface area contributed by atoms with E-state index < -0.39 is 11.8 Å². The largest absolute Gasteiger partial charge is 0.366 e. The Morgan fingerprint density at radius 3 is 2.94 bits per heavy atom. The Labute approximate surface area is 92.8 Å². The third-order valence-corrected chi connectivity index (χ3v) is 2.54. The predicted molar refractivity (Wildman–Crippen MR) is 55.0 cm³/mol. The number of nitrogens with two attached hydrogens (primary N) is 1. The Kier molecular flexibility index (Phi) is 2.60. The zero-order valence-corrected chi connectivity index (χ0v) is 8.61. The van der Waals surface area contributed by atoms with Crippen LogP contribution in [0.2, 0.25) is 0 Å². The van der Waals surface area contributed by atoms with Crippen LogP contribution in [0.15, 0.2) is 11.4 Å². The molecule has 0 aliphatic rings. The molecule has 0 atom stereocenters. The minimum Gasteiger partial charge on any atom is -0.366 e. The second kappa shape index (κ2) is 4.06. The first-order valence-electron chi connectivity index (χ1n) is 4.10. The summed E-state index contributed by atoms with van der Waals surface area (Å²) in [5.41, 5.74) is 5.37. The van der Waals surface area contributed by atoms with Crippen LogP contribution >= 0.6 is 11.3 Å². The number of tetrazole rings is 1.